The number of aromatic nitrogens is 3. The van der Waals surface area contributed by atoms with Crippen molar-refractivity contribution < 1.29 is 19.0 Å². The summed E-state index contributed by atoms with van der Waals surface area (Å²) in [4.78, 5) is 22.2. The lowest BCUT2D eigenvalue weighted by Gasteiger charge is -2.09. The SMILES string of the molecule is CC(C)OC(=O)c1c(N)n(-c2ccc3c(c2)OCO3)c2nc3ccccc3nc12. The normalized spacial score (nSPS) is 12.8. The first-order valence-corrected chi connectivity index (χ1v) is 9.20. The van der Waals surface area contributed by atoms with Crippen molar-refractivity contribution in [3.8, 4) is 17.2 Å². The monoisotopic (exact) mass is 390 g/mol. The lowest BCUT2D eigenvalue weighted by Crippen LogP contribution is -2.13. The minimum Gasteiger partial charge on any atom is -0.459 e. The Hall–Kier alpha value is -3.81. The maximum Gasteiger partial charge on any atom is 0.344 e. The summed E-state index contributed by atoms with van der Waals surface area (Å²) in [6, 6.07) is 12.9. The second kappa shape index (κ2) is 6.37. The predicted molar refractivity (Wildman–Crippen MR) is 107 cm³/mol. The highest BCUT2D eigenvalue weighted by molar-refractivity contribution is 6.09. The van der Waals surface area contributed by atoms with Crippen LogP contribution < -0.4 is 15.2 Å². The molecule has 29 heavy (non-hydrogen) atoms. The van der Waals surface area contributed by atoms with Crippen molar-refractivity contribution in [2.24, 2.45) is 0 Å². The first kappa shape index (κ1) is 17.3. The average Bonchev–Trinajstić information content (AvgIpc) is 3.26. The van der Waals surface area contributed by atoms with Gasteiger partial charge in [-0.2, -0.15) is 0 Å². The second-order valence-electron chi connectivity index (χ2n) is 6.97. The maximum atomic E-state index is 12.8. The van der Waals surface area contributed by atoms with Crippen LogP contribution in [0.2, 0.25) is 0 Å². The van der Waals surface area contributed by atoms with Crippen molar-refractivity contribution in [2.75, 3.05) is 12.5 Å². The van der Waals surface area contributed by atoms with E-state index < -0.39 is 5.97 Å². The Labute approximate surface area is 165 Å². The highest BCUT2D eigenvalue weighted by Crippen LogP contribution is 2.37. The summed E-state index contributed by atoms with van der Waals surface area (Å²) in [7, 11) is 0. The van der Waals surface area contributed by atoms with Gasteiger partial charge in [0.2, 0.25) is 6.79 Å². The molecule has 0 amide bonds. The number of esters is 1. The Kier molecular flexibility index (Phi) is 3.80. The van der Waals surface area contributed by atoms with Gasteiger partial charge in [-0.15, -0.1) is 0 Å². The Morgan fingerprint density at radius 1 is 1.10 bits per heavy atom. The number of nitrogen functional groups attached to an aromatic ring is 1. The van der Waals surface area contributed by atoms with Gasteiger partial charge < -0.3 is 19.9 Å². The number of hydrogen-bond donors (Lipinski definition) is 1. The van der Waals surface area contributed by atoms with Gasteiger partial charge >= 0.3 is 5.97 Å². The van der Waals surface area contributed by atoms with Gasteiger partial charge in [0, 0.05) is 6.07 Å². The lowest BCUT2D eigenvalue weighted by molar-refractivity contribution is 0.0381. The standard InChI is InChI=1S/C21H18N4O4/c1-11(2)29-21(26)17-18-20(24-14-6-4-3-5-13(14)23-18)25(19(17)22)12-7-8-15-16(9-12)28-10-27-15/h3-9,11H,10,22H2,1-2H3. The number of nitrogens with two attached hydrogens (primary N) is 1. The van der Waals surface area contributed by atoms with Gasteiger partial charge in [0.05, 0.1) is 22.8 Å². The minimum absolute atomic E-state index is 0.164. The zero-order valence-corrected chi connectivity index (χ0v) is 15.9. The fraction of sp³-hybridized carbons (Fsp3) is 0.190. The molecule has 0 radical (unpaired) electrons. The number of para-hydroxylation sites is 2. The molecule has 5 rings (SSSR count). The smallest absolute Gasteiger partial charge is 0.344 e. The molecule has 146 valence electrons. The molecule has 4 aromatic rings. The number of ether oxygens (including phenoxy) is 3. The predicted octanol–water partition coefficient (Wildman–Crippen LogP) is 3.45. The van der Waals surface area contributed by atoms with E-state index in [1.54, 1.807) is 30.5 Å². The van der Waals surface area contributed by atoms with Crippen LogP contribution in [0.15, 0.2) is 42.5 Å². The lowest BCUT2D eigenvalue weighted by atomic mass is 10.2. The zero-order valence-electron chi connectivity index (χ0n) is 15.9. The van der Waals surface area contributed by atoms with Gasteiger partial charge in [-0.05, 0) is 38.1 Å². The van der Waals surface area contributed by atoms with Crippen LogP contribution in [-0.2, 0) is 4.74 Å². The highest BCUT2D eigenvalue weighted by Gasteiger charge is 2.27. The molecule has 2 N–H and O–H groups in total. The number of anilines is 1. The van der Waals surface area contributed by atoms with Gasteiger partial charge in [-0.1, -0.05) is 12.1 Å². The molecular weight excluding hydrogens is 372 g/mol. The van der Waals surface area contributed by atoms with Crippen LogP contribution in [-0.4, -0.2) is 33.4 Å². The van der Waals surface area contributed by atoms with Gasteiger partial charge in [-0.25, -0.2) is 14.8 Å². The number of hydrogen-bond acceptors (Lipinski definition) is 7. The summed E-state index contributed by atoms with van der Waals surface area (Å²) >= 11 is 0. The van der Waals surface area contributed by atoms with E-state index in [-0.39, 0.29) is 24.3 Å². The van der Waals surface area contributed by atoms with E-state index in [4.69, 9.17) is 24.9 Å². The van der Waals surface area contributed by atoms with Crippen molar-refractivity contribution in [3.63, 3.8) is 0 Å². The molecule has 0 aliphatic carbocycles. The number of benzene rings is 2. The van der Waals surface area contributed by atoms with E-state index in [0.29, 0.717) is 39.4 Å². The van der Waals surface area contributed by atoms with E-state index >= 15 is 0 Å². The quantitative estimate of drug-likeness (QED) is 0.535. The van der Waals surface area contributed by atoms with Crippen LogP contribution >= 0.6 is 0 Å². The molecule has 2 aromatic carbocycles. The van der Waals surface area contributed by atoms with Gasteiger partial charge in [0.15, 0.2) is 17.1 Å². The van der Waals surface area contributed by atoms with E-state index in [0.717, 1.165) is 0 Å². The molecule has 3 heterocycles. The number of rotatable bonds is 3. The van der Waals surface area contributed by atoms with Crippen molar-refractivity contribution in [2.45, 2.75) is 20.0 Å². The average molecular weight is 390 g/mol. The van der Waals surface area contributed by atoms with Gasteiger partial charge in [0.25, 0.3) is 0 Å². The van der Waals surface area contributed by atoms with Crippen LogP contribution in [0.25, 0.3) is 27.9 Å². The number of carbonyl (C=O) groups excluding carboxylic acids is 1. The van der Waals surface area contributed by atoms with Crippen LogP contribution in [0.3, 0.4) is 0 Å². The summed E-state index contributed by atoms with van der Waals surface area (Å²) in [5, 5.41) is 0. The zero-order chi connectivity index (χ0) is 20.1. The van der Waals surface area contributed by atoms with Crippen LogP contribution in [0, 0.1) is 0 Å². The minimum atomic E-state index is -0.536. The van der Waals surface area contributed by atoms with Crippen molar-refractivity contribution in [3.05, 3.63) is 48.0 Å². The molecule has 8 nitrogen and oxygen atoms in total. The summed E-state index contributed by atoms with van der Waals surface area (Å²) < 4.78 is 18.0. The third kappa shape index (κ3) is 2.72. The van der Waals surface area contributed by atoms with Crippen molar-refractivity contribution in [1.29, 1.82) is 0 Å². The molecule has 1 aliphatic heterocycles. The molecule has 0 saturated carbocycles. The molecule has 2 aromatic heterocycles. The topological polar surface area (TPSA) is 101 Å². The molecule has 0 atom stereocenters. The first-order chi connectivity index (χ1) is 14.0. The van der Waals surface area contributed by atoms with E-state index in [1.807, 2.05) is 30.3 Å². The number of carbonyl (C=O) groups is 1. The van der Waals surface area contributed by atoms with Crippen LogP contribution in [0.4, 0.5) is 5.82 Å². The fourth-order valence-corrected chi connectivity index (χ4v) is 3.42. The van der Waals surface area contributed by atoms with Gasteiger partial charge in [0.1, 0.15) is 16.9 Å². The summed E-state index contributed by atoms with van der Waals surface area (Å²) in [6.07, 6.45) is -0.292. The molecule has 8 heteroatoms. The summed E-state index contributed by atoms with van der Waals surface area (Å²) in [6.45, 7) is 3.73. The third-order valence-corrected chi connectivity index (χ3v) is 4.66. The summed E-state index contributed by atoms with van der Waals surface area (Å²) in [5.74, 6) is 0.926. The molecule has 0 saturated heterocycles. The Morgan fingerprint density at radius 2 is 1.83 bits per heavy atom. The number of fused-ring (bicyclic) bond motifs is 3. The molecule has 0 spiro atoms. The Balaban J connectivity index is 1.81. The van der Waals surface area contributed by atoms with E-state index in [2.05, 4.69) is 4.98 Å². The van der Waals surface area contributed by atoms with Crippen molar-refractivity contribution in [1.82, 2.24) is 14.5 Å². The molecule has 1 aliphatic rings. The summed E-state index contributed by atoms with van der Waals surface area (Å²) in [5.41, 5.74) is 9.55. The number of nitrogens with zero attached hydrogens (tertiary/aromatic N) is 3. The van der Waals surface area contributed by atoms with E-state index in [9.17, 15) is 4.79 Å². The largest absolute Gasteiger partial charge is 0.459 e. The Bertz CT molecular complexity index is 1280. The molecule has 0 fully saturated rings. The fourth-order valence-electron chi connectivity index (χ4n) is 3.42. The second-order valence-corrected chi connectivity index (χ2v) is 6.97. The maximum absolute atomic E-state index is 12.8. The first-order valence-electron chi connectivity index (χ1n) is 9.20. The van der Waals surface area contributed by atoms with Crippen LogP contribution in [0.1, 0.15) is 24.2 Å². The third-order valence-electron chi connectivity index (χ3n) is 4.66. The molecular formula is C21H18N4O4. The van der Waals surface area contributed by atoms with Crippen LogP contribution in [0.5, 0.6) is 11.5 Å². The molecule has 0 unspecified atom stereocenters. The Morgan fingerprint density at radius 3 is 2.59 bits per heavy atom. The van der Waals surface area contributed by atoms with E-state index in [1.165, 1.54) is 0 Å². The van der Waals surface area contributed by atoms with Gasteiger partial charge in [-0.3, -0.25) is 4.57 Å². The van der Waals surface area contributed by atoms with Crippen molar-refractivity contribution >= 4 is 34.0 Å². The highest BCUT2D eigenvalue weighted by atomic mass is 16.7. The molecule has 0 bridgehead atoms.